The Morgan fingerprint density at radius 2 is 1.83 bits per heavy atom. The van der Waals surface area contributed by atoms with Crippen LogP contribution < -0.4 is 0 Å². The van der Waals surface area contributed by atoms with Crippen molar-refractivity contribution in [2.45, 2.75) is 71.5 Å². The van der Waals surface area contributed by atoms with Crippen molar-refractivity contribution >= 4 is 6.09 Å². The molecule has 0 radical (unpaired) electrons. The van der Waals surface area contributed by atoms with Gasteiger partial charge in [-0.05, 0) is 40.0 Å². The molecule has 0 aliphatic carbocycles. The van der Waals surface area contributed by atoms with Gasteiger partial charge in [0, 0.05) is 13.6 Å². The molecule has 0 aromatic rings. The number of ether oxygens (including phenoxy) is 1. The lowest BCUT2D eigenvalue weighted by atomic mass is 10.1. The molecule has 1 unspecified atom stereocenters. The summed E-state index contributed by atoms with van der Waals surface area (Å²) in [6.45, 7) is 8.30. The molecule has 0 heterocycles. The fraction of sp³-hybridized carbons (Fsp3) is 0.929. The predicted molar refractivity (Wildman–Crippen MR) is 73.6 cm³/mol. The van der Waals surface area contributed by atoms with Gasteiger partial charge in [0.2, 0.25) is 0 Å². The summed E-state index contributed by atoms with van der Waals surface area (Å²) in [5.41, 5.74) is -0.452. The van der Waals surface area contributed by atoms with Crippen LogP contribution in [0.5, 0.6) is 0 Å². The molecule has 0 aliphatic heterocycles. The molecule has 0 spiro atoms. The first-order valence-electron chi connectivity index (χ1n) is 6.88. The maximum absolute atomic E-state index is 11.6. The number of carbonyl (C=O) groups excluding carboxylic acids is 1. The topological polar surface area (TPSA) is 49.8 Å². The lowest BCUT2D eigenvalue weighted by Gasteiger charge is -2.24. The van der Waals surface area contributed by atoms with Crippen LogP contribution in [0.2, 0.25) is 0 Å². The number of carbonyl (C=O) groups is 1. The largest absolute Gasteiger partial charge is 0.444 e. The van der Waals surface area contributed by atoms with E-state index in [9.17, 15) is 9.90 Å². The Morgan fingerprint density at radius 1 is 1.28 bits per heavy atom. The van der Waals surface area contributed by atoms with Gasteiger partial charge in [0.25, 0.3) is 0 Å². The molecule has 4 nitrogen and oxygen atoms in total. The Bertz CT molecular complexity index is 236. The fourth-order valence-electron chi connectivity index (χ4n) is 1.58. The Morgan fingerprint density at radius 3 is 2.33 bits per heavy atom. The van der Waals surface area contributed by atoms with Crippen LogP contribution in [0.25, 0.3) is 0 Å². The maximum atomic E-state index is 11.6. The van der Waals surface area contributed by atoms with Crippen LogP contribution in [-0.2, 0) is 4.74 Å². The lowest BCUT2D eigenvalue weighted by Crippen LogP contribution is -2.34. The van der Waals surface area contributed by atoms with Crippen LogP contribution in [0.4, 0.5) is 4.79 Å². The van der Waals surface area contributed by atoms with E-state index in [4.69, 9.17) is 4.74 Å². The molecular formula is C14H29NO3. The summed E-state index contributed by atoms with van der Waals surface area (Å²) in [5, 5.41) is 9.68. The van der Waals surface area contributed by atoms with Crippen molar-refractivity contribution in [2.24, 2.45) is 0 Å². The normalized spacial score (nSPS) is 13.2. The van der Waals surface area contributed by atoms with Gasteiger partial charge < -0.3 is 14.7 Å². The highest BCUT2D eigenvalue weighted by Gasteiger charge is 2.19. The maximum Gasteiger partial charge on any atom is 0.410 e. The van der Waals surface area contributed by atoms with Gasteiger partial charge in [0.05, 0.1) is 6.10 Å². The van der Waals surface area contributed by atoms with Gasteiger partial charge in [-0.1, -0.05) is 19.8 Å². The van der Waals surface area contributed by atoms with Crippen molar-refractivity contribution in [2.75, 3.05) is 13.6 Å². The summed E-state index contributed by atoms with van der Waals surface area (Å²) in [7, 11) is 1.73. The Hall–Kier alpha value is -0.770. The quantitative estimate of drug-likeness (QED) is 0.764. The lowest BCUT2D eigenvalue weighted by molar-refractivity contribution is 0.0288. The minimum absolute atomic E-state index is 0.239. The minimum atomic E-state index is -0.452. The first-order valence-corrected chi connectivity index (χ1v) is 6.88. The summed E-state index contributed by atoms with van der Waals surface area (Å²) in [6, 6.07) is 0. The number of unbranched alkanes of at least 4 members (excludes halogenated alkanes) is 1. The average Bonchev–Trinajstić information content (AvgIpc) is 2.23. The van der Waals surface area contributed by atoms with Crippen LogP contribution in [-0.4, -0.2) is 41.4 Å². The molecule has 0 bridgehead atoms. The van der Waals surface area contributed by atoms with Crippen LogP contribution in [0.1, 0.15) is 59.8 Å². The standard InChI is InChI=1S/C14H29NO3/c1-6-7-9-12(16)10-8-11-15(5)13(17)18-14(2,3)4/h12,16H,6-11H2,1-5H3. The zero-order valence-corrected chi connectivity index (χ0v) is 12.5. The zero-order chi connectivity index (χ0) is 14.2. The van der Waals surface area contributed by atoms with E-state index in [1.54, 1.807) is 11.9 Å². The third-order valence-electron chi connectivity index (χ3n) is 2.63. The molecule has 0 aromatic heterocycles. The van der Waals surface area contributed by atoms with Crippen LogP contribution >= 0.6 is 0 Å². The third kappa shape index (κ3) is 9.28. The first-order chi connectivity index (χ1) is 8.26. The highest BCUT2D eigenvalue weighted by molar-refractivity contribution is 5.67. The van der Waals surface area contributed by atoms with E-state index in [2.05, 4.69) is 6.92 Å². The number of rotatable bonds is 7. The van der Waals surface area contributed by atoms with Gasteiger partial charge in [0.1, 0.15) is 5.60 Å². The van der Waals surface area contributed by atoms with Crippen LogP contribution in [0, 0.1) is 0 Å². The predicted octanol–water partition coefficient (Wildman–Crippen LogP) is 3.18. The van der Waals surface area contributed by atoms with E-state index in [0.29, 0.717) is 6.54 Å². The van der Waals surface area contributed by atoms with Gasteiger partial charge in [-0.25, -0.2) is 4.79 Å². The smallest absolute Gasteiger partial charge is 0.410 e. The van der Waals surface area contributed by atoms with Crippen molar-refractivity contribution in [3.05, 3.63) is 0 Å². The molecule has 1 atom stereocenters. The zero-order valence-electron chi connectivity index (χ0n) is 12.5. The van der Waals surface area contributed by atoms with Gasteiger partial charge in [0.15, 0.2) is 0 Å². The van der Waals surface area contributed by atoms with Gasteiger partial charge in [-0.15, -0.1) is 0 Å². The van der Waals surface area contributed by atoms with E-state index in [1.807, 2.05) is 20.8 Å². The van der Waals surface area contributed by atoms with Crippen molar-refractivity contribution in [1.29, 1.82) is 0 Å². The van der Waals surface area contributed by atoms with Gasteiger partial charge in [-0.3, -0.25) is 0 Å². The number of amides is 1. The summed E-state index contributed by atoms with van der Waals surface area (Å²) >= 11 is 0. The van der Waals surface area contributed by atoms with E-state index in [1.165, 1.54) is 0 Å². The highest BCUT2D eigenvalue weighted by atomic mass is 16.6. The van der Waals surface area contributed by atoms with E-state index >= 15 is 0 Å². The van der Waals surface area contributed by atoms with Crippen LogP contribution in [0.15, 0.2) is 0 Å². The molecule has 0 fully saturated rings. The number of hydrogen-bond donors (Lipinski definition) is 1. The molecule has 1 amide bonds. The van der Waals surface area contributed by atoms with Crippen molar-refractivity contribution in [3.8, 4) is 0 Å². The average molecular weight is 259 g/mol. The molecule has 0 saturated carbocycles. The number of hydrogen-bond acceptors (Lipinski definition) is 3. The van der Waals surface area contributed by atoms with E-state index in [-0.39, 0.29) is 12.2 Å². The fourth-order valence-corrected chi connectivity index (χ4v) is 1.58. The SMILES string of the molecule is CCCCC(O)CCCN(C)C(=O)OC(C)(C)C. The molecular weight excluding hydrogens is 230 g/mol. The minimum Gasteiger partial charge on any atom is -0.444 e. The van der Waals surface area contributed by atoms with E-state index in [0.717, 1.165) is 32.1 Å². The van der Waals surface area contributed by atoms with Crippen molar-refractivity contribution in [3.63, 3.8) is 0 Å². The number of aliphatic hydroxyl groups is 1. The first kappa shape index (κ1) is 17.2. The second-order valence-corrected chi connectivity index (χ2v) is 5.84. The second-order valence-electron chi connectivity index (χ2n) is 5.84. The molecule has 18 heavy (non-hydrogen) atoms. The Balaban J connectivity index is 3.76. The van der Waals surface area contributed by atoms with Crippen molar-refractivity contribution < 1.29 is 14.6 Å². The molecule has 108 valence electrons. The molecule has 4 heteroatoms. The molecule has 1 N–H and O–H groups in total. The van der Waals surface area contributed by atoms with Crippen LogP contribution in [0.3, 0.4) is 0 Å². The monoisotopic (exact) mass is 259 g/mol. The Labute approximate surface area is 111 Å². The van der Waals surface area contributed by atoms with Crippen molar-refractivity contribution in [1.82, 2.24) is 4.90 Å². The van der Waals surface area contributed by atoms with Gasteiger partial charge in [-0.2, -0.15) is 0 Å². The molecule has 0 saturated heterocycles. The molecule has 0 aromatic carbocycles. The van der Waals surface area contributed by atoms with Gasteiger partial charge >= 0.3 is 6.09 Å². The Kier molecular flexibility index (Phi) is 8.00. The summed E-state index contributed by atoms with van der Waals surface area (Å²) < 4.78 is 5.25. The second kappa shape index (κ2) is 8.35. The summed E-state index contributed by atoms with van der Waals surface area (Å²) in [4.78, 5) is 13.2. The summed E-state index contributed by atoms with van der Waals surface area (Å²) in [6.07, 6.45) is 4.03. The third-order valence-corrected chi connectivity index (χ3v) is 2.63. The molecule has 0 rings (SSSR count). The highest BCUT2D eigenvalue weighted by Crippen LogP contribution is 2.11. The van der Waals surface area contributed by atoms with E-state index < -0.39 is 5.60 Å². The number of nitrogens with zero attached hydrogens (tertiary/aromatic N) is 1. The number of aliphatic hydroxyl groups excluding tert-OH is 1. The summed E-state index contributed by atoms with van der Waals surface area (Å²) in [5.74, 6) is 0. The molecule has 0 aliphatic rings.